The third-order valence-electron chi connectivity index (χ3n) is 6.33. The highest BCUT2D eigenvalue weighted by Crippen LogP contribution is 2.36. The van der Waals surface area contributed by atoms with E-state index in [4.69, 9.17) is 10.2 Å². The number of aromatic nitrogens is 2. The number of aliphatic carboxylic acids is 1. The SMILES string of the molecule is CCCC(CCC)C(Nc1ccc(C(=O)N(C)CCC(=O)O)cc1)c1nn(C)c2ccccc12. The molecule has 0 fully saturated rings. The van der Waals surface area contributed by atoms with Gasteiger partial charge in [0, 0.05) is 37.3 Å². The first kappa shape index (κ1) is 25.3. The lowest BCUT2D eigenvalue weighted by atomic mass is 9.87. The summed E-state index contributed by atoms with van der Waals surface area (Å²) in [4.78, 5) is 24.9. The number of carbonyl (C=O) groups is 2. The molecule has 0 aliphatic carbocycles. The van der Waals surface area contributed by atoms with Crippen LogP contribution < -0.4 is 5.32 Å². The van der Waals surface area contributed by atoms with Crippen molar-refractivity contribution in [1.82, 2.24) is 14.7 Å². The van der Waals surface area contributed by atoms with Crippen molar-refractivity contribution in [3.63, 3.8) is 0 Å². The van der Waals surface area contributed by atoms with Crippen LogP contribution in [0, 0.1) is 5.92 Å². The van der Waals surface area contributed by atoms with E-state index >= 15 is 0 Å². The average Bonchev–Trinajstić information content (AvgIpc) is 3.17. The zero-order valence-corrected chi connectivity index (χ0v) is 20.6. The summed E-state index contributed by atoms with van der Waals surface area (Å²) in [6.07, 6.45) is 4.33. The standard InChI is InChI=1S/C27H36N4O3/c1-5-9-19(10-6-2)25(26-22-11-7-8-12-23(22)31(4)29-26)28-21-15-13-20(14-16-21)27(34)30(3)18-17-24(32)33/h7-8,11-16,19,25,28H,5-6,9-10,17-18H2,1-4H3,(H,32,33). The maximum absolute atomic E-state index is 12.6. The summed E-state index contributed by atoms with van der Waals surface area (Å²) in [5, 5.41) is 18.7. The molecule has 0 saturated heterocycles. The van der Waals surface area contributed by atoms with Crippen molar-refractivity contribution in [1.29, 1.82) is 0 Å². The Balaban J connectivity index is 1.88. The number of carbonyl (C=O) groups excluding carboxylic acids is 1. The smallest absolute Gasteiger partial charge is 0.305 e. The second-order valence-electron chi connectivity index (χ2n) is 8.93. The van der Waals surface area contributed by atoms with E-state index in [1.54, 1.807) is 19.2 Å². The lowest BCUT2D eigenvalue weighted by Gasteiger charge is -2.28. The second kappa shape index (κ2) is 11.7. The molecular formula is C27H36N4O3. The molecule has 2 aromatic carbocycles. The highest BCUT2D eigenvalue weighted by molar-refractivity contribution is 5.94. The molecule has 2 N–H and O–H groups in total. The van der Waals surface area contributed by atoms with Gasteiger partial charge in [-0.25, -0.2) is 0 Å². The molecule has 7 heteroatoms. The maximum Gasteiger partial charge on any atom is 0.305 e. The van der Waals surface area contributed by atoms with E-state index in [0.29, 0.717) is 11.5 Å². The van der Waals surface area contributed by atoms with Gasteiger partial charge in [-0.2, -0.15) is 5.10 Å². The summed E-state index contributed by atoms with van der Waals surface area (Å²) < 4.78 is 1.95. The first-order valence-corrected chi connectivity index (χ1v) is 12.1. The van der Waals surface area contributed by atoms with Gasteiger partial charge in [0.1, 0.15) is 0 Å². The zero-order valence-electron chi connectivity index (χ0n) is 20.6. The fourth-order valence-electron chi connectivity index (χ4n) is 4.57. The third-order valence-corrected chi connectivity index (χ3v) is 6.33. The van der Waals surface area contributed by atoms with Crippen molar-refractivity contribution >= 4 is 28.5 Å². The van der Waals surface area contributed by atoms with Gasteiger partial charge in [0.2, 0.25) is 0 Å². The van der Waals surface area contributed by atoms with Gasteiger partial charge in [0.25, 0.3) is 5.91 Å². The number of amides is 1. The van der Waals surface area contributed by atoms with Crippen LogP contribution in [0.15, 0.2) is 48.5 Å². The Hall–Kier alpha value is -3.35. The molecule has 1 unspecified atom stereocenters. The number of hydrogen-bond acceptors (Lipinski definition) is 4. The normalized spacial score (nSPS) is 12.1. The van der Waals surface area contributed by atoms with Crippen molar-refractivity contribution in [3.8, 4) is 0 Å². The molecule has 1 amide bonds. The van der Waals surface area contributed by atoms with Gasteiger partial charge in [-0.1, -0.05) is 44.9 Å². The quantitative estimate of drug-likeness (QED) is 0.370. The average molecular weight is 465 g/mol. The number of hydrogen-bond donors (Lipinski definition) is 2. The van der Waals surface area contributed by atoms with E-state index in [-0.39, 0.29) is 24.9 Å². The monoisotopic (exact) mass is 464 g/mol. The van der Waals surface area contributed by atoms with Crippen molar-refractivity contribution in [2.24, 2.45) is 13.0 Å². The summed E-state index contributed by atoms with van der Waals surface area (Å²) in [6.45, 7) is 4.62. The van der Waals surface area contributed by atoms with Crippen LogP contribution in [0.1, 0.15) is 68.0 Å². The predicted molar refractivity (Wildman–Crippen MR) is 136 cm³/mol. The summed E-state index contributed by atoms with van der Waals surface area (Å²) in [6, 6.07) is 15.8. The summed E-state index contributed by atoms with van der Waals surface area (Å²) >= 11 is 0. The topological polar surface area (TPSA) is 87.5 Å². The van der Waals surface area contributed by atoms with Crippen molar-refractivity contribution in [3.05, 3.63) is 59.8 Å². The number of fused-ring (bicyclic) bond motifs is 1. The summed E-state index contributed by atoms with van der Waals surface area (Å²) in [7, 11) is 3.61. The highest BCUT2D eigenvalue weighted by Gasteiger charge is 2.27. The van der Waals surface area contributed by atoms with E-state index in [1.807, 2.05) is 29.9 Å². The maximum atomic E-state index is 12.6. The Morgan fingerprint density at radius 3 is 2.32 bits per heavy atom. The number of anilines is 1. The van der Waals surface area contributed by atoms with Gasteiger partial charge >= 0.3 is 5.97 Å². The Morgan fingerprint density at radius 1 is 1.06 bits per heavy atom. The van der Waals surface area contributed by atoms with Crippen molar-refractivity contribution in [2.45, 2.75) is 52.0 Å². The molecule has 1 atom stereocenters. The number of para-hydroxylation sites is 1. The molecule has 1 aromatic heterocycles. The fourth-order valence-corrected chi connectivity index (χ4v) is 4.57. The Morgan fingerprint density at radius 2 is 1.71 bits per heavy atom. The minimum absolute atomic E-state index is 0.0470. The van der Waals surface area contributed by atoms with Gasteiger partial charge in [0.05, 0.1) is 23.7 Å². The molecule has 3 rings (SSSR count). The van der Waals surface area contributed by atoms with Crippen LogP contribution in [-0.4, -0.2) is 45.3 Å². The molecule has 0 radical (unpaired) electrons. The minimum Gasteiger partial charge on any atom is -0.481 e. The van der Waals surface area contributed by atoms with E-state index < -0.39 is 5.97 Å². The molecule has 34 heavy (non-hydrogen) atoms. The number of nitrogens with zero attached hydrogens (tertiary/aromatic N) is 3. The van der Waals surface area contributed by atoms with Crippen LogP contribution in [0.2, 0.25) is 0 Å². The molecule has 7 nitrogen and oxygen atoms in total. The predicted octanol–water partition coefficient (Wildman–Crippen LogP) is 5.49. The van der Waals surface area contributed by atoms with Crippen molar-refractivity contribution < 1.29 is 14.7 Å². The number of rotatable bonds is 12. The van der Waals surface area contributed by atoms with E-state index in [2.05, 4.69) is 37.4 Å². The lowest BCUT2D eigenvalue weighted by molar-refractivity contribution is -0.137. The van der Waals surface area contributed by atoms with Crippen LogP contribution >= 0.6 is 0 Å². The minimum atomic E-state index is -0.916. The van der Waals surface area contributed by atoms with Crippen LogP contribution in [-0.2, 0) is 11.8 Å². The Labute approximate surface area is 201 Å². The lowest BCUT2D eigenvalue weighted by Crippen LogP contribution is -2.29. The summed E-state index contributed by atoms with van der Waals surface area (Å²) in [5.41, 5.74) is 3.64. The first-order chi connectivity index (χ1) is 16.3. The molecule has 1 heterocycles. The molecule has 3 aromatic rings. The van der Waals surface area contributed by atoms with E-state index in [1.165, 1.54) is 4.90 Å². The zero-order chi connectivity index (χ0) is 24.7. The first-order valence-electron chi connectivity index (χ1n) is 12.1. The number of carboxylic acids is 1. The number of carboxylic acid groups (broad SMARTS) is 1. The summed E-state index contributed by atoms with van der Waals surface area (Å²) in [5.74, 6) is -0.673. The van der Waals surface area contributed by atoms with Gasteiger partial charge in [-0.3, -0.25) is 14.3 Å². The highest BCUT2D eigenvalue weighted by atomic mass is 16.4. The number of nitrogens with one attached hydrogen (secondary N) is 1. The van der Waals surface area contributed by atoms with E-state index in [9.17, 15) is 9.59 Å². The molecule has 0 saturated carbocycles. The number of aryl methyl sites for hydroxylation is 1. The third kappa shape index (κ3) is 5.95. The molecule has 0 aliphatic heterocycles. The van der Waals surface area contributed by atoms with E-state index in [0.717, 1.165) is 48.0 Å². The molecule has 0 spiro atoms. The van der Waals surface area contributed by atoms with Crippen LogP contribution in [0.3, 0.4) is 0 Å². The number of benzene rings is 2. The van der Waals surface area contributed by atoms with Gasteiger partial charge in [-0.15, -0.1) is 0 Å². The Bertz CT molecular complexity index is 1100. The van der Waals surface area contributed by atoms with Crippen LogP contribution in [0.25, 0.3) is 10.9 Å². The van der Waals surface area contributed by atoms with Crippen LogP contribution in [0.4, 0.5) is 5.69 Å². The van der Waals surface area contributed by atoms with Crippen LogP contribution in [0.5, 0.6) is 0 Å². The Kier molecular flexibility index (Phi) is 8.68. The molecular weight excluding hydrogens is 428 g/mol. The van der Waals surface area contributed by atoms with Gasteiger partial charge < -0.3 is 15.3 Å². The van der Waals surface area contributed by atoms with Crippen molar-refractivity contribution in [2.75, 3.05) is 18.9 Å². The molecule has 182 valence electrons. The largest absolute Gasteiger partial charge is 0.481 e. The van der Waals surface area contributed by atoms with Gasteiger partial charge in [0.15, 0.2) is 0 Å². The van der Waals surface area contributed by atoms with Gasteiger partial charge in [-0.05, 0) is 49.1 Å². The molecule has 0 aliphatic rings. The fraction of sp³-hybridized carbons (Fsp3) is 0.444. The molecule has 0 bridgehead atoms. The second-order valence-corrected chi connectivity index (χ2v) is 8.93.